The first-order valence-corrected chi connectivity index (χ1v) is 8.95. The van der Waals surface area contributed by atoms with Crippen LogP contribution in [0.25, 0.3) is 22.4 Å². The van der Waals surface area contributed by atoms with E-state index in [0.717, 1.165) is 53.6 Å². The molecule has 3 aromatic rings. The molecule has 0 atom stereocenters. The molecular weight excluding hydrogens is 318 g/mol. The van der Waals surface area contributed by atoms with Gasteiger partial charge in [0.2, 0.25) is 0 Å². The maximum Gasteiger partial charge on any atom is 0.141 e. The fourth-order valence-corrected chi connectivity index (χ4v) is 3.27. The van der Waals surface area contributed by atoms with E-state index in [9.17, 15) is 0 Å². The van der Waals surface area contributed by atoms with E-state index >= 15 is 0 Å². The molecule has 4 heteroatoms. The van der Waals surface area contributed by atoms with Crippen molar-refractivity contribution >= 4 is 22.6 Å². The van der Waals surface area contributed by atoms with Gasteiger partial charge in [-0.2, -0.15) is 0 Å². The highest BCUT2D eigenvalue weighted by molar-refractivity contribution is 6.31. The van der Waals surface area contributed by atoms with Crippen LogP contribution in [0.4, 0.5) is 0 Å². The standard InChI is InChI=1S/C20H24ClN3/c1-4-23(5-2)11-12-24-19-14-17(21)9-10-18(19)22-20(24)16-8-6-7-15(3)13-16/h6-10,13-14H,4-5,11-12H2,1-3H3. The van der Waals surface area contributed by atoms with E-state index < -0.39 is 0 Å². The summed E-state index contributed by atoms with van der Waals surface area (Å²) in [6.07, 6.45) is 0. The summed E-state index contributed by atoms with van der Waals surface area (Å²) in [4.78, 5) is 7.31. The molecule has 0 aliphatic carbocycles. The Morgan fingerprint density at radius 2 is 1.88 bits per heavy atom. The number of benzene rings is 2. The molecule has 2 aromatic carbocycles. The Hall–Kier alpha value is -1.84. The SMILES string of the molecule is CCN(CC)CCn1c(-c2cccc(C)c2)nc2ccc(Cl)cc21. The molecule has 1 heterocycles. The van der Waals surface area contributed by atoms with Crippen molar-refractivity contribution < 1.29 is 0 Å². The summed E-state index contributed by atoms with van der Waals surface area (Å²) in [6, 6.07) is 14.5. The summed E-state index contributed by atoms with van der Waals surface area (Å²) in [5.41, 5.74) is 4.50. The Balaban J connectivity index is 2.08. The minimum Gasteiger partial charge on any atom is -0.323 e. The first-order valence-electron chi connectivity index (χ1n) is 8.57. The van der Waals surface area contributed by atoms with Gasteiger partial charge in [0.1, 0.15) is 5.82 Å². The van der Waals surface area contributed by atoms with Gasteiger partial charge in [0.25, 0.3) is 0 Å². The fourth-order valence-electron chi connectivity index (χ4n) is 3.11. The number of aromatic nitrogens is 2. The Bertz CT molecular complexity index is 834. The molecule has 0 aliphatic rings. The van der Waals surface area contributed by atoms with Crippen LogP contribution < -0.4 is 0 Å². The first-order chi connectivity index (χ1) is 11.6. The summed E-state index contributed by atoms with van der Waals surface area (Å²) in [6.45, 7) is 10.5. The van der Waals surface area contributed by atoms with Crippen LogP contribution in [-0.2, 0) is 6.54 Å². The molecule has 0 unspecified atom stereocenters. The molecule has 0 saturated carbocycles. The van der Waals surface area contributed by atoms with Crippen LogP contribution in [-0.4, -0.2) is 34.1 Å². The molecule has 0 N–H and O–H groups in total. The maximum atomic E-state index is 6.24. The number of likely N-dealkylation sites (N-methyl/N-ethyl adjacent to an activating group) is 1. The molecule has 24 heavy (non-hydrogen) atoms. The van der Waals surface area contributed by atoms with E-state index in [-0.39, 0.29) is 0 Å². The van der Waals surface area contributed by atoms with Crippen molar-refractivity contribution in [3.63, 3.8) is 0 Å². The van der Waals surface area contributed by atoms with Gasteiger partial charge in [0, 0.05) is 23.7 Å². The lowest BCUT2D eigenvalue weighted by atomic mass is 10.1. The Kier molecular flexibility index (Phi) is 5.22. The van der Waals surface area contributed by atoms with Crippen LogP contribution in [0.5, 0.6) is 0 Å². The van der Waals surface area contributed by atoms with Crippen molar-refractivity contribution in [1.82, 2.24) is 14.5 Å². The Morgan fingerprint density at radius 3 is 2.58 bits per heavy atom. The third kappa shape index (κ3) is 3.47. The average Bonchev–Trinajstić information content (AvgIpc) is 2.94. The monoisotopic (exact) mass is 341 g/mol. The largest absolute Gasteiger partial charge is 0.323 e. The molecule has 0 aliphatic heterocycles. The van der Waals surface area contributed by atoms with Gasteiger partial charge in [-0.05, 0) is 44.3 Å². The second-order valence-corrected chi connectivity index (χ2v) is 6.55. The van der Waals surface area contributed by atoms with E-state index in [1.54, 1.807) is 0 Å². The van der Waals surface area contributed by atoms with Crippen molar-refractivity contribution in [2.24, 2.45) is 0 Å². The van der Waals surface area contributed by atoms with Crippen LogP contribution >= 0.6 is 11.6 Å². The summed E-state index contributed by atoms with van der Waals surface area (Å²) in [5.74, 6) is 1.02. The van der Waals surface area contributed by atoms with E-state index in [2.05, 4.69) is 54.5 Å². The molecule has 0 bridgehead atoms. The van der Waals surface area contributed by atoms with Crippen molar-refractivity contribution in [3.05, 3.63) is 53.1 Å². The van der Waals surface area contributed by atoms with Gasteiger partial charge < -0.3 is 9.47 Å². The summed E-state index contributed by atoms with van der Waals surface area (Å²) in [5, 5.41) is 0.752. The van der Waals surface area contributed by atoms with Gasteiger partial charge in [0.15, 0.2) is 0 Å². The number of fused-ring (bicyclic) bond motifs is 1. The third-order valence-corrected chi connectivity index (χ3v) is 4.76. The summed E-state index contributed by atoms with van der Waals surface area (Å²) >= 11 is 6.24. The van der Waals surface area contributed by atoms with E-state index in [1.807, 2.05) is 18.2 Å². The zero-order chi connectivity index (χ0) is 17.1. The predicted octanol–water partition coefficient (Wildman–Crippen LogP) is 5.01. The highest BCUT2D eigenvalue weighted by Gasteiger charge is 2.14. The second-order valence-electron chi connectivity index (χ2n) is 6.12. The lowest BCUT2D eigenvalue weighted by Crippen LogP contribution is -2.27. The van der Waals surface area contributed by atoms with Crippen LogP contribution in [0.1, 0.15) is 19.4 Å². The summed E-state index contributed by atoms with van der Waals surface area (Å²) in [7, 11) is 0. The quantitative estimate of drug-likeness (QED) is 0.628. The summed E-state index contributed by atoms with van der Waals surface area (Å²) < 4.78 is 2.30. The molecule has 0 amide bonds. The predicted molar refractivity (Wildman–Crippen MR) is 103 cm³/mol. The first kappa shape index (κ1) is 17.0. The number of hydrogen-bond acceptors (Lipinski definition) is 2. The van der Waals surface area contributed by atoms with Crippen molar-refractivity contribution in [2.75, 3.05) is 19.6 Å². The van der Waals surface area contributed by atoms with Crippen LogP contribution in [0.3, 0.4) is 0 Å². The molecule has 0 radical (unpaired) electrons. The van der Waals surface area contributed by atoms with Gasteiger partial charge in [-0.15, -0.1) is 0 Å². The molecule has 0 saturated heterocycles. The van der Waals surface area contributed by atoms with Crippen molar-refractivity contribution in [1.29, 1.82) is 0 Å². The zero-order valence-electron chi connectivity index (χ0n) is 14.6. The van der Waals surface area contributed by atoms with E-state index in [0.29, 0.717) is 0 Å². The van der Waals surface area contributed by atoms with Gasteiger partial charge in [-0.25, -0.2) is 4.98 Å². The van der Waals surface area contributed by atoms with Gasteiger partial charge in [-0.1, -0.05) is 49.2 Å². The van der Waals surface area contributed by atoms with E-state index in [4.69, 9.17) is 16.6 Å². The minimum atomic E-state index is 0.752. The van der Waals surface area contributed by atoms with Crippen LogP contribution in [0.15, 0.2) is 42.5 Å². The van der Waals surface area contributed by atoms with Crippen molar-refractivity contribution in [3.8, 4) is 11.4 Å². The average molecular weight is 342 g/mol. The highest BCUT2D eigenvalue weighted by atomic mass is 35.5. The maximum absolute atomic E-state index is 6.24. The molecule has 1 aromatic heterocycles. The number of hydrogen-bond donors (Lipinski definition) is 0. The lowest BCUT2D eigenvalue weighted by molar-refractivity contribution is 0.292. The number of rotatable bonds is 6. The van der Waals surface area contributed by atoms with Crippen molar-refractivity contribution in [2.45, 2.75) is 27.3 Å². The fraction of sp³-hybridized carbons (Fsp3) is 0.350. The number of aryl methyl sites for hydroxylation is 1. The Morgan fingerprint density at radius 1 is 1.08 bits per heavy atom. The minimum absolute atomic E-state index is 0.752. The molecule has 0 fully saturated rings. The normalized spacial score (nSPS) is 11.5. The number of nitrogens with zero attached hydrogens (tertiary/aromatic N) is 3. The van der Waals surface area contributed by atoms with Crippen LogP contribution in [0, 0.1) is 6.92 Å². The molecular formula is C20H24ClN3. The molecule has 3 rings (SSSR count). The topological polar surface area (TPSA) is 21.1 Å². The second kappa shape index (κ2) is 7.37. The molecule has 0 spiro atoms. The van der Waals surface area contributed by atoms with Crippen LogP contribution in [0.2, 0.25) is 5.02 Å². The van der Waals surface area contributed by atoms with Gasteiger partial charge in [-0.3, -0.25) is 0 Å². The Labute approximate surface area is 148 Å². The number of halogens is 1. The van der Waals surface area contributed by atoms with Gasteiger partial charge in [0.05, 0.1) is 11.0 Å². The highest BCUT2D eigenvalue weighted by Crippen LogP contribution is 2.27. The molecule has 3 nitrogen and oxygen atoms in total. The van der Waals surface area contributed by atoms with Gasteiger partial charge >= 0.3 is 0 Å². The molecule has 126 valence electrons. The number of imidazole rings is 1. The third-order valence-electron chi connectivity index (χ3n) is 4.52. The lowest BCUT2D eigenvalue weighted by Gasteiger charge is -2.19. The smallest absolute Gasteiger partial charge is 0.141 e. The van der Waals surface area contributed by atoms with E-state index in [1.165, 1.54) is 5.56 Å². The zero-order valence-corrected chi connectivity index (χ0v) is 15.3.